The van der Waals surface area contributed by atoms with E-state index in [0.29, 0.717) is 18.5 Å². The minimum Gasteiger partial charge on any atom is -0.355 e. The summed E-state index contributed by atoms with van der Waals surface area (Å²) in [6.07, 6.45) is 2.12. The molecule has 4 nitrogen and oxygen atoms in total. The Kier molecular flexibility index (Phi) is 3.69. The highest BCUT2D eigenvalue weighted by molar-refractivity contribution is 5.77. The van der Waals surface area contributed by atoms with Gasteiger partial charge in [-0.15, -0.1) is 0 Å². The van der Waals surface area contributed by atoms with E-state index in [4.69, 9.17) is 5.73 Å². The van der Waals surface area contributed by atoms with E-state index in [1.165, 1.54) is 0 Å². The zero-order valence-corrected chi connectivity index (χ0v) is 8.42. The third-order valence-electron chi connectivity index (χ3n) is 2.32. The molecule has 0 bridgehead atoms. The molecule has 0 saturated heterocycles. The van der Waals surface area contributed by atoms with E-state index in [-0.39, 0.29) is 5.91 Å². The number of hydrogen-bond acceptors (Lipinski definition) is 3. The van der Waals surface area contributed by atoms with Crippen LogP contribution in [-0.2, 0) is 4.79 Å². The predicted molar refractivity (Wildman–Crippen MR) is 52.3 cm³/mol. The highest BCUT2D eigenvalue weighted by Crippen LogP contribution is 2.24. The smallest absolute Gasteiger partial charge is 0.234 e. The van der Waals surface area contributed by atoms with Gasteiger partial charge in [0.2, 0.25) is 5.91 Å². The second-order valence-electron chi connectivity index (χ2n) is 4.14. The van der Waals surface area contributed by atoms with Crippen molar-refractivity contribution >= 4 is 5.91 Å². The summed E-state index contributed by atoms with van der Waals surface area (Å²) in [7, 11) is 3.78. The second kappa shape index (κ2) is 4.58. The van der Waals surface area contributed by atoms with E-state index in [1.54, 1.807) is 0 Å². The SMILES string of the molecule is CN(C)CC(=O)NCC1CC(N)C1. The Balaban J connectivity index is 2.02. The van der Waals surface area contributed by atoms with Crippen LogP contribution in [0.25, 0.3) is 0 Å². The molecule has 3 N–H and O–H groups in total. The van der Waals surface area contributed by atoms with Crippen molar-refractivity contribution in [3.05, 3.63) is 0 Å². The van der Waals surface area contributed by atoms with Gasteiger partial charge in [0.15, 0.2) is 0 Å². The Morgan fingerprint density at radius 1 is 1.54 bits per heavy atom. The van der Waals surface area contributed by atoms with Gasteiger partial charge in [0.1, 0.15) is 0 Å². The molecule has 1 saturated carbocycles. The lowest BCUT2D eigenvalue weighted by molar-refractivity contribution is -0.122. The molecule has 0 aromatic carbocycles. The number of likely N-dealkylation sites (N-methyl/N-ethyl adjacent to an activating group) is 1. The molecule has 4 heteroatoms. The van der Waals surface area contributed by atoms with Crippen molar-refractivity contribution in [2.45, 2.75) is 18.9 Å². The fraction of sp³-hybridized carbons (Fsp3) is 0.889. The van der Waals surface area contributed by atoms with Crippen LogP contribution in [0.4, 0.5) is 0 Å². The van der Waals surface area contributed by atoms with Crippen LogP contribution in [0.2, 0.25) is 0 Å². The van der Waals surface area contributed by atoms with Gasteiger partial charge in [-0.05, 0) is 32.9 Å². The van der Waals surface area contributed by atoms with E-state index < -0.39 is 0 Å². The van der Waals surface area contributed by atoms with E-state index in [2.05, 4.69) is 5.32 Å². The third kappa shape index (κ3) is 3.74. The standard InChI is InChI=1S/C9H19N3O/c1-12(2)6-9(13)11-5-7-3-8(10)4-7/h7-8H,3-6,10H2,1-2H3,(H,11,13). The number of rotatable bonds is 4. The summed E-state index contributed by atoms with van der Waals surface area (Å²) < 4.78 is 0. The molecule has 1 fully saturated rings. The van der Waals surface area contributed by atoms with Gasteiger partial charge < -0.3 is 16.0 Å². The molecule has 1 rings (SSSR count). The van der Waals surface area contributed by atoms with Gasteiger partial charge in [0.05, 0.1) is 6.54 Å². The van der Waals surface area contributed by atoms with Gasteiger partial charge in [0, 0.05) is 12.6 Å². The summed E-state index contributed by atoms with van der Waals surface area (Å²) in [5.74, 6) is 0.714. The monoisotopic (exact) mass is 185 g/mol. The van der Waals surface area contributed by atoms with Gasteiger partial charge in [-0.2, -0.15) is 0 Å². The first-order valence-electron chi connectivity index (χ1n) is 4.75. The second-order valence-corrected chi connectivity index (χ2v) is 4.14. The van der Waals surface area contributed by atoms with Gasteiger partial charge >= 0.3 is 0 Å². The molecular weight excluding hydrogens is 166 g/mol. The van der Waals surface area contributed by atoms with Gasteiger partial charge in [0.25, 0.3) is 0 Å². The lowest BCUT2D eigenvalue weighted by Crippen LogP contribution is -2.44. The van der Waals surface area contributed by atoms with Crippen LogP contribution in [0, 0.1) is 5.92 Å². The number of nitrogens with two attached hydrogens (primary N) is 1. The Morgan fingerprint density at radius 3 is 2.62 bits per heavy atom. The number of carbonyl (C=O) groups excluding carboxylic acids is 1. The Bertz CT molecular complexity index is 176. The van der Waals surface area contributed by atoms with Crippen molar-refractivity contribution in [2.24, 2.45) is 11.7 Å². The van der Waals surface area contributed by atoms with Gasteiger partial charge in [-0.1, -0.05) is 0 Å². The van der Waals surface area contributed by atoms with Crippen LogP contribution in [0.1, 0.15) is 12.8 Å². The minimum atomic E-state index is 0.102. The van der Waals surface area contributed by atoms with E-state index >= 15 is 0 Å². The molecule has 0 radical (unpaired) electrons. The molecule has 1 aliphatic rings. The van der Waals surface area contributed by atoms with Crippen LogP contribution in [0.15, 0.2) is 0 Å². The van der Waals surface area contributed by atoms with Crippen LogP contribution >= 0.6 is 0 Å². The Labute approximate surface area is 79.5 Å². The molecule has 0 aromatic rings. The predicted octanol–water partition coefficient (Wildman–Crippen LogP) is -0.598. The molecule has 0 atom stereocenters. The minimum absolute atomic E-state index is 0.102. The number of carbonyl (C=O) groups is 1. The zero-order chi connectivity index (χ0) is 9.84. The molecule has 1 amide bonds. The average Bonchev–Trinajstić information content (AvgIpc) is 1.94. The number of nitrogens with zero attached hydrogens (tertiary/aromatic N) is 1. The van der Waals surface area contributed by atoms with Crippen LogP contribution in [-0.4, -0.2) is 44.0 Å². The average molecular weight is 185 g/mol. The maximum atomic E-state index is 11.2. The summed E-state index contributed by atoms with van der Waals surface area (Å²) >= 11 is 0. The highest BCUT2D eigenvalue weighted by atomic mass is 16.1. The van der Waals surface area contributed by atoms with Crippen LogP contribution in [0.5, 0.6) is 0 Å². The summed E-state index contributed by atoms with van der Waals surface area (Å²) in [5, 5.41) is 2.90. The molecule has 1 aliphatic carbocycles. The molecule has 0 unspecified atom stereocenters. The van der Waals surface area contributed by atoms with Crippen molar-refractivity contribution in [3.63, 3.8) is 0 Å². The van der Waals surface area contributed by atoms with Crippen molar-refractivity contribution in [2.75, 3.05) is 27.2 Å². The van der Waals surface area contributed by atoms with Crippen molar-refractivity contribution in [1.29, 1.82) is 0 Å². The van der Waals surface area contributed by atoms with Gasteiger partial charge in [-0.25, -0.2) is 0 Å². The Morgan fingerprint density at radius 2 is 2.15 bits per heavy atom. The Hall–Kier alpha value is -0.610. The maximum Gasteiger partial charge on any atom is 0.234 e. The number of amides is 1. The van der Waals surface area contributed by atoms with E-state index in [0.717, 1.165) is 19.4 Å². The van der Waals surface area contributed by atoms with Crippen molar-refractivity contribution in [3.8, 4) is 0 Å². The fourth-order valence-corrected chi connectivity index (χ4v) is 1.56. The number of nitrogens with one attached hydrogen (secondary N) is 1. The summed E-state index contributed by atoms with van der Waals surface area (Å²) in [6, 6.07) is 0.371. The van der Waals surface area contributed by atoms with Crippen LogP contribution in [0.3, 0.4) is 0 Å². The molecule has 0 aliphatic heterocycles. The summed E-state index contributed by atoms with van der Waals surface area (Å²) in [6.45, 7) is 1.26. The lowest BCUT2D eigenvalue weighted by atomic mass is 9.81. The molecule has 76 valence electrons. The van der Waals surface area contributed by atoms with Gasteiger partial charge in [-0.3, -0.25) is 4.79 Å². The molecular formula is C9H19N3O. The summed E-state index contributed by atoms with van der Waals surface area (Å²) in [5.41, 5.74) is 5.64. The third-order valence-corrected chi connectivity index (χ3v) is 2.32. The largest absolute Gasteiger partial charge is 0.355 e. The van der Waals surface area contributed by atoms with Crippen molar-refractivity contribution < 1.29 is 4.79 Å². The number of hydrogen-bond donors (Lipinski definition) is 2. The van der Waals surface area contributed by atoms with E-state index in [1.807, 2.05) is 19.0 Å². The quantitative estimate of drug-likeness (QED) is 0.615. The summed E-state index contributed by atoms with van der Waals surface area (Å²) in [4.78, 5) is 13.1. The lowest BCUT2D eigenvalue weighted by Gasteiger charge is -2.32. The molecule has 13 heavy (non-hydrogen) atoms. The first-order valence-corrected chi connectivity index (χ1v) is 4.75. The molecule has 0 aromatic heterocycles. The van der Waals surface area contributed by atoms with E-state index in [9.17, 15) is 4.79 Å². The maximum absolute atomic E-state index is 11.2. The molecule has 0 heterocycles. The zero-order valence-electron chi connectivity index (χ0n) is 8.42. The topological polar surface area (TPSA) is 58.4 Å². The first-order chi connectivity index (χ1) is 6.08. The van der Waals surface area contributed by atoms with Crippen LogP contribution < -0.4 is 11.1 Å². The first kappa shape index (κ1) is 10.5. The van der Waals surface area contributed by atoms with Crippen molar-refractivity contribution in [1.82, 2.24) is 10.2 Å². The fourth-order valence-electron chi connectivity index (χ4n) is 1.56. The highest BCUT2D eigenvalue weighted by Gasteiger charge is 2.25. The normalized spacial score (nSPS) is 27.1. The molecule has 0 spiro atoms.